The lowest BCUT2D eigenvalue weighted by molar-refractivity contribution is -0.137. The summed E-state index contributed by atoms with van der Waals surface area (Å²) in [5.74, 6) is -0.949. The van der Waals surface area contributed by atoms with Crippen LogP contribution in [-0.2, 0) is 18.1 Å². The molecule has 31 heavy (non-hydrogen) atoms. The Morgan fingerprint density at radius 1 is 1.26 bits per heavy atom. The van der Waals surface area contributed by atoms with Crippen LogP contribution in [0.4, 0.5) is 23.7 Å². The van der Waals surface area contributed by atoms with Gasteiger partial charge in [-0.1, -0.05) is 45.5 Å². The van der Waals surface area contributed by atoms with Crippen molar-refractivity contribution >= 4 is 29.0 Å². The molecule has 2 amide bonds. The lowest BCUT2D eigenvalue weighted by Gasteiger charge is -2.13. The van der Waals surface area contributed by atoms with E-state index < -0.39 is 29.3 Å². The van der Waals surface area contributed by atoms with E-state index in [-0.39, 0.29) is 15.9 Å². The molecule has 0 aliphatic rings. The Kier molecular flexibility index (Phi) is 7.47. The summed E-state index contributed by atoms with van der Waals surface area (Å²) in [6, 6.07) is 2.36. The number of hydrogen-bond acceptors (Lipinski definition) is 5. The molecule has 0 aliphatic carbocycles. The zero-order valence-electron chi connectivity index (χ0n) is 17.5. The number of benzene rings is 1. The number of unbranched alkanes of at least 4 members (excludes halogenated alkanes) is 1. The number of aromatic nitrogens is 2. The van der Waals surface area contributed by atoms with Gasteiger partial charge in [-0.25, -0.2) is 14.9 Å². The van der Waals surface area contributed by atoms with Crippen LogP contribution in [0, 0.1) is 0 Å². The molecule has 0 atom stereocenters. The van der Waals surface area contributed by atoms with Gasteiger partial charge in [-0.15, -0.1) is 0 Å². The molecule has 0 radical (unpaired) electrons. The number of carbonyl (C=O) groups excluding carboxylic acids is 1. The van der Waals surface area contributed by atoms with Gasteiger partial charge in [-0.3, -0.25) is 10.2 Å². The molecular formula is C19H24F3N5O3S. The van der Waals surface area contributed by atoms with Crippen LogP contribution in [0.3, 0.4) is 0 Å². The molecule has 1 aromatic heterocycles. The van der Waals surface area contributed by atoms with Gasteiger partial charge >= 0.3 is 12.3 Å². The van der Waals surface area contributed by atoms with E-state index in [0.717, 1.165) is 30.0 Å². The second kappa shape index (κ2) is 9.50. The number of nitrogens with one attached hydrogen (secondary N) is 2. The average Bonchev–Trinajstić information content (AvgIpc) is 3.06. The number of hydrazine groups is 1. The number of nitrogens with zero attached hydrogens (tertiary/aromatic N) is 3. The zero-order valence-corrected chi connectivity index (χ0v) is 18.3. The van der Waals surface area contributed by atoms with Crippen LogP contribution >= 0.6 is 11.3 Å². The molecule has 0 bridgehead atoms. The lowest BCUT2D eigenvalue weighted by atomic mass is 9.98. The fraction of sp³-hybridized carbons (Fsp3) is 0.474. The second-order valence-electron chi connectivity index (χ2n) is 7.75. The predicted molar refractivity (Wildman–Crippen MR) is 110 cm³/mol. The van der Waals surface area contributed by atoms with Gasteiger partial charge in [0, 0.05) is 12.0 Å². The van der Waals surface area contributed by atoms with Crippen LogP contribution in [-0.4, -0.2) is 26.9 Å². The second-order valence-corrected chi connectivity index (χ2v) is 8.70. The van der Waals surface area contributed by atoms with E-state index in [9.17, 15) is 22.8 Å². The third-order valence-corrected chi connectivity index (χ3v) is 5.44. The standard InChI is InChI=1S/C19H24F3N5O3S/c1-5-6-9-27-16(31-15(26-27)18(2,3)4)23-14(28)12-10-11(19(20,21)22)7-8-13(12)24-25-17(29)30/h7-8,10,24-25H,5-6,9H2,1-4H3,(H,29,30)/b23-16-. The van der Waals surface area contributed by atoms with Gasteiger partial charge in [0.2, 0.25) is 4.80 Å². The van der Waals surface area contributed by atoms with E-state index >= 15 is 0 Å². The summed E-state index contributed by atoms with van der Waals surface area (Å²) in [6.45, 7) is 8.36. The Morgan fingerprint density at radius 2 is 1.94 bits per heavy atom. The van der Waals surface area contributed by atoms with Crippen molar-refractivity contribution in [1.29, 1.82) is 0 Å². The Labute approximate surface area is 180 Å². The molecule has 1 aromatic carbocycles. The number of hydrogen-bond donors (Lipinski definition) is 3. The largest absolute Gasteiger partial charge is 0.464 e. The van der Waals surface area contributed by atoms with Gasteiger partial charge in [0.05, 0.1) is 16.8 Å². The first-order chi connectivity index (χ1) is 14.3. The molecule has 2 aromatic rings. The fourth-order valence-corrected chi connectivity index (χ4v) is 3.41. The normalized spacial score (nSPS) is 12.7. The molecule has 0 aliphatic heterocycles. The highest BCUT2D eigenvalue weighted by atomic mass is 32.1. The first-order valence-electron chi connectivity index (χ1n) is 9.46. The minimum absolute atomic E-state index is 0.148. The molecule has 0 saturated heterocycles. The molecule has 0 saturated carbocycles. The average molecular weight is 459 g/mol. The Balaban J connectivity index is 2.57. The van der Waals surface area contributed by atoms with Crippen molar-refractivity contribution in [2.75, 3.05) is 5.43 Å². The molecular weight excluding hydrogens is 435 g/mol. The third-order valence-electron chi connectivity index (χ3n) is 4.06. The number of halogens is 3. The van der Waals surface area contributed by atoms with Gasteiger partial charge in [0.15, 0.2) is 0 Å². The molecule has 1 heterocycles. The highest BCUT2D eigenvalue weighted by Crippen LogP contribution is 2.32. The van der Waals surface area contributed by atoms with E-state index in [4.69, 9.17) is 5.11 Å². The van der Waals surface area contributed by atoms with E-state index in [1.54, 1.807) is 4.68 Å². The summed E-state index contributed by atoms with van der Waals surface area (Å²) in [6.07, 6.45) is -4.48. The van der Waals surface area contributed by atoms with Crippen molar-refractivity contribution in [3.63, 3.8) is 0 Å². The maximum Gasteiger partial charge on any atom is 0.423 e. The molecule has 0 spiro atoms. The third kappa shape index (κ3) is 6.54. The van der Waals surface area contributed by atoms with Crippen LogP contribution in [0.1, 0.15) is 61.5 Å². The van der Waals surface area contributed by atoms with Gasteiger partial charge in [0.1, 0.15) is 5.01 Å². The number of carbonyl (C=O) groups is 2. The Morgan fingerprint density at radius 3 is 2.48 bits per heavy atom. The van der Waals surface area contributed by atoms with Crippen molar-refractivity contribution in [1.82, 2.24) is 15.2 Å². The van der Waals surface area contributed by atoms with E-state index in [1.165, 1.54) is 11.3 Å². The molecule has 3 N–H and O–H groups in total. The van der Waals surface area contributed by atoms with Crippen LogP contribution in [0.5, 0.6) is 0 Å². The topological polar surface area (TPSA) is 109 Å². The SMILES string of the molecule is CCCCn1nc(C(C)(C)C)s/c1=N\C(=O)c1cc(C(F)(F)F)ccc1NNC(=O)O. The van der Waals surface area contributed by atoms with Crippen molar-refractivity contribution in [3.05, 3.63) is 39.1 Å². The van der Waals surface area contributed by atoms with Gasteiger partial charge in [-0.2, -0.15) is 23.3 Å². The van der Waals surface area contributed by atoms with E-state index in [0.29, 0.717) is 12.6 Å². The minimum Gasteiger partial charge on any atom is -0.464 e. The molecule has 2 rings (SSSR count). The van der Waals surface area contributed by atoms with Crippen LogP contribution in [0.15, 0.2) is 23.2 Å². The van der Waals surface area contributed by atoms with Crippen LogP contribution in [0.2, 0.25) is 0 Å². The van der Waals surface area contributed by atoms with Gasteiger partial charge in [-0.05, 0) is 24.6 Å². The Bertz CT molecular complexity index is 1020. The smallest absolute Gasteiger partial charge is 0.423 e. The molecule has 0 unspecified atom stereocenters. The summed E-state index contributed by atoms with van der Waals surface area (Å²) in [4.78, 5) is 27.9. The Hall–Kier alpha value is -2.89. The molecule has 8 nitrogen and oxygen atoms in total. The fourth-order valence-electron chi connectivity index (χ4n) is 2.42. The highest BCUT2D eigenvalue weighted by molar-refractivity contribution is 7.09. The number of rotatable bonds is 6. The summed E-state index contributed by atoms with van der Waals surface area (Å²) in [5.41, 5.74) is 2.12. The van der Waals surface area contributed by atoms with Gasteiger partial charge < -0.3 is 5.11 Å². The lowest BCUT2D eigenvalue weighted by Crippen LogP contribution is -2.28. The number of carboxylic acid groups (broad SMARTS) is 1. The minimum atomic E-state index is -4.68. The molecule has 12 heteroatoms. The van der Waals surface area contributed by atoms with Crippen LogP contribution < -0.4 is 15.7 Å². The summed E-state index contributed by atoms with van der Waals surface area (Å²) < 4.78 is 41.0. The van der Waals surface area contributed by atoms with E-state index in [1.807, 2.05) is 33.1 Å². The zero-order chi connectivity index (χ0) is 23.4. The predicted octanol–water partition coefficient (Wildman–Crippen LogP) is 4.40. The van der Waals surface area contributed by atoms with Crippen molar-refractivity contribution in [3.8, 4) is 0 Å². The van der Waals surface area contributed by atoms with Crippen molar-refractivity contribution in [2.24, 2.45) is 4.99 Å². The van der Waals surface area contributed by atoms with Crippen molar-refractivity contribution in [2.45, 2.75) is 58.7 Å². The van der Waals surface area contributed by atoms with Crippen LogP contribution in [0.25, 0.3) is 0 Å². The number of aryl methyl sites for hydroxylation is 1. The van der Waals surface area contributed by atoms with E-state index in [2.05, 4.69) is 15.5 Å². The number of alkyl halides is 3. The maximum atomic E-state index is 13.2. The number of anilines is 1. The first-order valence-corrected chi connectivity index (χ1v) is 10.3. The highest BCUT2D eigenvalue weighted by Gasteiger charge is 2.32. The van der Waals surface area contributed by atoms with Gasteiger partial charge in [0.25, 0.3) is 5.91 Å². The monoisotopic (exact) mass is 459 g/mol. The number of amides is 2. The first kappa shape index (κ1) is 24.4. The summed E-state index contributed by atoms with van der Waals surface area (Å²) >= 11 is 1.19. The molecule has 0 fully saturated rings. The summed E-state index contributed by atoms with van der Waals surface area (Å²) in [5, 5.41) is 14.0. The summed E-state index contributed by atoms with van der Waals surface area (Å²) in [7, 11) is 0. The molecule has 170 valence electrons. The van der Waals surface area contributed by atoms with Crippen molar-refractivity contribution < 1.29 is 27.9 Å². The quantitative estimate of drug-likeness (QED) is 0.555. The maximum absolute atomic E-state index is 13.2.